The first-order valence-corrected chi connectivity index (χ1v) is 7.01. The molecular weight excluding hydrogens is 284 g/mol. The molecule has 18 heavy (non-hydrogen) atoms. The van der Waals surface area contributed by atoms with Gasteiger partial charge < -0.3 is 0 Å². The van der Waals surface area contributed by atoms with E-state index in [0.29, 0.717) is 0 Å². The number of allylic oxidation sites excluding steroid dienone is 1. The number of rotatable bonds is 1. The van der Waals surface area contributed by atoms with Crippen LogP contribution in [-0.2, 0) is 6.42 Å². The number of benzene rings is 2. The summed E-state index contributed by atoms with van der Waals surface area (Å²) in [5.41, 5.74) is 8.03. The molecule has 0 N–H and O–H groups in total. The van der Waals surface area contributed by atoms with E-state index in [-0.39, 0.29) is 0 Å². The molecule has 0 heterocycles. The molecule has 90 valence electrons. The van der Waals surface area contributed by atoms with E-state index >= 15 is 0 Å². The van der Waals surface area contributed by atoms with Crippen molar-refractivity contribution in [1.29, 1.82) is 0 Å². The van der Waals surface area contributed by atoms with Crippen molar-refractivity contribution in [3.05, 3.63) is 63.1 Å². The van der Waals surface area contributed by atoms with Gasteiger partial charge in [-0.1, -0.05) is 42.0 Å². The quantitative estimate of drug-likeness (QED) is 0.670. The van der Waals surface area contributed by atoms with Crippen LogP contribution in [-0.4, -0.2) is 0 Å². The lowest BCUT2D eigenvalue weighted by Gasteiger charge is -2.13. The third kappa shape index (κ3) is 1.83. The highest BCUT2D eigenvalue weighted by Gasteiger charge is 2.15. The first kappa shape index (κ1) is 11.7. The molecular formula is C17H15Br. The van der Waals surface area contributed by atoms with Gasteiger partial charge in [0, 0.05) is 4.47 Å². The smallest absolute Gasteiger partial charge is 0.0285 e. The molecule has 0 saturated heterocycles. The molecule has 0 aliphatic heterocycles. The number of aryl methyl sites for hydroxylation is 1. The highest BCUT2D eigenvalue weighted by atomic mass is 79.9. The van der Waals surface area contributed by atoms with Gasteiger partial charge in [0.05, 0.1) is 0 Å². The summed E-state index contributed by atoms with van der Waals surface area (Å²) in [4.78, 5) is 0. The predicted molar refractivity (Wildman–Crippen MR) is 81.8 cm³/mol. The van der Waals surface area contributed by atoms with Crippen LogP contribution in [0.25, 0.3) is 17.2 Å². The molecule has 2 aromatic rings. The molecule has 0 spiro atoms. The van der Waals surface area contributed by atoms with Crippen molar-refractivity contribution in [2.24, 2.45) is 0 Å². The number of halogens is 1. The second-order valence-electron chi connectivity index (χ2n) is 4.91. The van der Waals surface area contributed by atoms with Crippen molar-refractivity contribution in [2.45, 2.75) is 20.3 Å². The minimum absolute atomic E-state index is 1.05. The van der Waals surface area contributed by atoms with Crippen LogP contribution in [0.15, 0.2) is 40.9 Å². The van der Waals surface area contributed by atoms with Crippen molar-refractivity contribution in [2.75, 3.05) is 0 Å². The van der Waals surface area contributed by atoms with E-state index in [1.54, 1.807) is 0 Å². The zero-order valence-corrected chi connectivity index (χ0v) is 12.2. The molecule has 0 amide bonds. The van der Waals surface area contributed by atoms with Crippen LogP contribution < -0.4 is 0 Å². The van der Waals surface area contributed by atoms with E-state index in [1.807, 2.05) is 0 Å². The first-order valence-electron chi connectivity index (χ1n) is 6.22. The summed E-state index contributed by atoms with van der Waals surface area (Å²) < 4.78 is 1.24. The molecule has 0 bridgehead atoms. The SMILES string of the molecule is Cc1ccc(-c2cc3c(c(Br)c2C)C=CC3)cc1. The summed E-state index contributed by atoms with van der Waals surface area (Å²) in [6.07, 6.45) is 5.49. The fourth-order valence-corrected chi connectivity index (χ4v) is 3.11. The van der Waals surface area contributed by atoms with Crippen LogP contribution in [0.3, 0.4) is 0 Å². The van der Waals surface area contributed by atoms with Gasteiger partial charge in [-0.2, -0.15) is 0 Å². The van der Waals surface area contributed by atoms with Gasteiger partial charge in [-0.3, -0.25) is 0 Å². The molecule has 3 rings (SSSR count). The Bertz CT molecular complexity index is 634. The molecule has 0 nitrogen and oxygen atoms in total. The number of hydrogen-bond donors (Lipinski definition) is 0. The second kappa shape index (κ2) is 4.40. The van der Waals surface area contributed by atoms with Crippen molar-refractivity contribution in [3.63, 3.8) is 0 Å². The van der Waals surface area contributed by atoms with E-state index < -0.39 is 0 Å². The van der Waals surface area contributed by atoms with Crippen LogP contribution in [0.2, 0.25) is 0 Å². The Morgan fingerprint density at radius 1 is 1.06 bits per heavy atom. The maximum atomic E-state index is 3.74. The number of hydrogen-bond acceptors (Lipinski definition) is 0. The summed E-state index contributed by atoms with van der Waals surface area (Å²) >= 11 is 3.74. The molecule has 0 saturated carbocycles. The molecule has 1 heteroatoms. The van der Waals surface area contributed by atoms with Gasteiger partial charge in [0.15, 0.2) is 0 Å². The largest absolute Gasteiger partial charge is 0.0795 e. The molecule has 2 aromatic carbocycles. The van der Waals surface area contributed by atoms with Gasteiger partial charge in [0.1, 0.15) is 0 Å². The van der Waals surface area contributed by atoms with Gasteiger partial charge in [-0.05, 0) is 70.1 Å². The standard InChI is InChI=1S/C17H15Br/c1-11-6-8-13(9-7-11)16-10-14-4-3-5-15(14)17(18)12(16)2/h3,5-10H,4H2,1-2H3. The van der Waals surface area contributed by atoms with E-state index in [2.05, 4.69) is 72.3 Å². The van der Waals surface area contributed by atoms with Crippen LogP contribution >= 0.6 is 15.9 Å². The highest BCUT2D eigenvalue weighted by Crippen LogP contribution is 2.37. The Morgan fingerprint density at radius 3 is 2.50 bits per heavy atom. The molecule has 0 radical (unpaired) electrons. The Kier molecular flexibility index (Phi) is 2.87. The summed E-state index contributed by atoms with van der Waals surface area (Å²) in [5.74, 6) is 0. The van der Waals surface area contributed by atoms with E-state index in [9.17, 15) is 0 Å². The Balaban J connectivity index is 2.20. The Hall–Kier alpha value is -1.34. The van der Waals surface area contributed by atoms with Crippen LogP contribution in [0.1, 0.15) is 22.3 Å². The molecule has 0 atom stereocenters. The second-order valence-corrected chi connectivity index (χ2v) is 5.70. The monoisotopic (exact) mass is 298 g/mol. The lowest BCUT2D eigenvalue weighted by molar-refractivity contribution is 1.28. The van der Waals surface area contributed by atoms with Gasteiger partial charge in [-0.25, -0.2) is 0 Å². The van der Waals surface area contributed by atoms with Crippen molar-refractivity contribution in [1.82, 2.24) is 0 Å². The minimum atomic E-state index is 1.05. The van der Waals surface area contributed by atoms with Gasteiger partial charge in [-0.15, -0.1) is 0 Å². The van der Waals surface area contributed by atoms with Crippen molar-refractivity contribution >= 4 is 22.0 Å². The third-order valence-corrected chi connectivity index (χ3v) is 4.64. The van der Waals surface area contributed by atoms with Gasteiger partial charge in [0.2, 0.25) is 0 Å². The van der Waals surface area contributed by atoms with E-state index in [1.165, 1.54) is 37.9 Å². The van der Waals surface area contributed by atoms with Crippen LogP contribution in [0.4, 0.5) is 0 Å². The average molecular weight is 299 g/mol. The molecule has 0 aromatic heterocycles. The lowest BCUT2D eigenvalue weighted by Crippen LogP contribution is -1.92. The first-order chi connectivity index (χ1) is 8.66. The molecule has 1 aliphatic carbocycles. The summed E-state index contributed by atoms with van der Waals surface area (Å²) in [7, 11) is 0. The highest BCUT2D eigenvalue weighted by molar-refractivity contribution is 9.10. The Morgan fingerprint density at radius 2 is 1.78 bits per heavy atom. The average Bonchev–Trinajstić information content (AvgIpc) is 2.83. The summed E-state index contributed by atoms with van der Waals surface area (Å²) in [5, 5.41) is 0. The van der Waals surface area contributed by atoms with Crippen LogP contribution in [0, 0.1) is 13.8 Å². The minimum Gasteiger partial charge on any atom is -0.0795 e. The summed E-state index contributed by atoms with van der Waals surface area (Å²) in [6, 6.07) is 11.1. The normalized spacial score (nSPS) is 12.8. The molecule has 0 fully saturated rings. The van der Waals surface area contributed by atoms with Gasteiger partial charge >= 0.3 is 0 Å². The molecule has 1 aliphatic rings. The maximum Gasteiger partial charge on any atom is 0.0285 e. The molecule has 0 unspecified atom stereocenters. The fraction of sp³-hybridized carbons (Fsp3) is 0.176. The lowest BCUT2D eigenvalue weighted by atomic mass is 9.95. The van der Waals surface area contributed by atoms with Crippen molar-refractivity contribution < 1.29 is 0 Å². The van der Waals surface area contributed by atoms with E-state index in [0.717, 1.165) is 6.42 Å². The fourth-order valence-electron chi connectivity index (χ4n) is 2.51. The zero-order valence-electron chi connectivity index (χ0n) is 10.6. The summed E-state index contributed by atoms with van der Waals surface area (Å²) in [6.45, 7) is 4.31. The number of fused-ring (bicyclic) bond motifs is 1. The van der Waals surface area contributed by atoms with Crippen molar-refractivity contribution in [3.8, 4) is 11.1 Å². The Labute approximate surface area is 116 Å². The topological polar surface area (TPSA) is 0 Å². The third-order valence-electron chi connectivity index (χ3n) is 3.62. The predicted octanol–water partition coefficient (Wildman–Crippen LogP) is 5.30. The van der Waals surface area contributed by atoms with E-state index in [4.69, 9.17) is 0 Å². The van der Waals surface area contributed by atoms with Crippen LogP contribution in [0.5, 0.6) is 0 Å². The zero-order chi connectivity index (χ0) is 12.7. The van der Waals surface area contributed by atoms with Gasteiger partial charge in [0.25, 0.3) is 0 Å². The maximum absolute atomic E-state index is 3.74.